The molecule has 11 heteroatoms. The summed E-state index contributed by atoms with van der Waals surface area (Å²) in [5, 5.41) is 12.0. The molecule has 0 aliphatic heterocycles. The Morgan fingerprint density at radius 3 is 2.37 bits per heavy atom. The summed E-state index contributed by atoms with van der Waals surface area (Å²) in [4.78, 5) is 38.4. The Hall–Kier alpha value is -3.01. The Labute approximate surface area is 161 Å². The molecule has 1 rings (SSSR count). The Morgan fingerprint density at radius 2 is 1.78 bits per heavy atom. The number of hydrogen-bond acceptors (Lipinski definition) is 4. The van der Waals surface area contributed by atoms with E-state index in [0.29, 0.717) is 30.0 Å². The SMILES string of the molecule is NC(N)=NCCCCC(=O)NNC(=O)NC(CC(=O)O)c1ccc(Cl)cc1. The molecule has 10 nitrogen and oxygen atoms in total. The number of amides is 3. The van der Waals surface area contributed by atoms with Gasteiger partial charge in [0, 0.05) is 18.0 Å². The Morgan fingerprint density at radius 1 is 1.11 bits per heavy atom. The summed E-state index contributed by atoms with van der Waals surface area (Å²) >= 11 is 5.81. The summed E-state index contributed by atoms with van der Waals surface area (Å²) < 4.78 is 0. The maximum absolute atomic E-state index is 11.9. The number of nitrogens with zero attached hydrogens (tertiary/aromatic N) is 1. The molecule has 0 aromatic heterocycles. The summed E-state index contributed by atoms with van der Waals surface area (Å²) in [6.07, 6.45) is 1.01. The summed E-state index contributed by atoms with van der Waals surface area (Å²) in [6, 6.07) is 4.91. The van der Waals surface area contributed by atoms with E-state index in [1.165, 1.54) is 0 Å². The van der Waals surface area contributed by atoms with Crippen LogP contribution in [0.5, 0.6) is 0 Å². The number of benzene rings is 1. The molecule has 1 unspecified atom stereocenters. The number of nitrogens with two attached hydrogens (primary N) is 2. The number of aliphatic carboxylic acids is 1. The number of carbonyl (C=O) groups excluding carboxylic acids is 2. The largest absolute Gasteiger partial charge is 0.481 e. The monoisotopic (exact) mass is 398 g/mol. The number of aliphatic imine (C=N–C) groups is 1. The van der Waals surface area contributed by atoms with Gasteiger partial charge in [-0.15, -0.1) is 0 Å². The van der Waals surface area contributed by atoms with Crippen LogP contribution in [0.1, 0.15) is 37.3 Å². The van der Waals surface area contributed by atoms with Crippen molar-refractivity contribution in [3.05, 3.63) is 34.9 Å². The van der Waals surface area contributed by atoms with Crippen molar-refractivity contribution in [2.75, 3.05) is 6.54 Å². The highest BCUT2D eigenvalue weighted by atomic mass is 35.5. The van der Waals surface area contributed by atoms with Crippen LogP contribution in [0.2, 0.25) is 5.02 Å². The molecule has 0 spiro atoms. The van der Waals surface area contributed by atoms with Crippen molar-refractivity contribution in [1.29, 1.82) is 0 Å². The van der Waals surface area contributed by atoms with Crippen molar-refractivity contribution in [2.24, 2.45) is 16.5 Å². The maximum atomic E-state index is 11.9. The number of rotatable bonds is 9. The van der Waals surface area contributed by atoms with Crippen molar-refractivity contribution < 1.29 is 19.5 Å². The van der Waals surface area contributed by atoms with Gasteiger partial charge in [-0.2, -0.15) is 0 Å². The zero-order chi connectivity index (χ0) is 20.2. The molecule has 148 valence electrons. The van der Waals surface area contributed by atoms with Crippen LogP contribution in [-0.2, 0) is 9.59 Å². The lowest BCUT2D eigenvalue weighted by atomic mass is 10.0. The first kappa shape index (κ1) is 22.0. The van der Waals surface area contributed by atoms with Gasteiger partial charge >= 0.3 is 12.0 Å². The van der Waals surface area contributed by atoms with E-state index < -0.39 is 23.9 Å². The highest BCUT2D eigenvalue weighted by molar-refractivity contribution is 6.30. The smallest absolute Gasteiger partial charge is 0.333 e. The number of hydrazine groups is 1. The fourth-order valence-electron chi connectivity index (χ4n) is 2.11. The van der Waals surface area contributed by atoms with Gasteiger partial charge in [0.1, 0.15) is 0 Å². The normalized spacial score (nSPS) is 11.1. The first-order valence-electron chi connectivity index (χ1n) is 8.16. The predicted octanol–water partition coefficient (Wildman–Crippen LogP) is 0.630. The number of carboxylic acids is 1. The Bertz CT molecular complexity index is 676. The van der Waals surface area contributed by atoms with Crippen LogP contribution >= 0.6 is 11.6 Å². The van der Waals surface area contributed by atoms with Crippen LogP contribution < -0.4 is 27.6 Å². The minimum atomic E-state index is -1.08. The molecule has 0 saturated heterocycles. The lowest BCUT2D eigenvalue weighted by Gasteiger charge is -2.18. The molecule has 27 heavy (non-hydrogen) atoms. The number of carboxylic acid groups (broad SMARTS) is 1. The standard InChI is InChI=1S/C16H23ClN6O4/c17-11-6-4-10(5-7-11)12(9-14(25)26)21-16(27)23-22-13(24)3-1-2-8-20-15(18)19/h4-7,12H,1-3,8-9H2,(H,22,24)(H,25,26)(H4,18,19,20)(H2,21,23,27). The second-order valence-corrected chi connectivity index (χ2v) is 6.05. The van der Waals surface area contributed by atoms with E-state index in [9.17, 15) is 14.4 Å². The van der Waals surface area contributed by atoms with Gasteiger partial charge in [-0.05, 0) is 30.5 Å². The second kappa shape index (κ2) is 11.6. The molecule has 0 bridgehead atoms. The van der Waals surface area contributed by atoms with E-state index in [1.54, 1.807) is 24.3 Å². The Kier molecular flexibility index (Phi) is 9.45. The van der Waals surface area contributed by atoms with E-state index in [-0.39, 0.29) is 18.8 Å². The number of halogens is 1. The topological polar surface area (TPSA) is 172 Å². The number of carbonyl (C=O) groups is 3. The highest BCUT2D eigenvalue weighted by Crippen LogP contribution is 2.19. The van der Waals surface area contributed by atoms with Crippen LogP contribution in [0.25, 0.3) is 0 Å². The van der Waals surface area contributed by atoms with Crippen molar-refractivity contribution in [3.8, 4) is 0 Å². The lowest BCUT2D eigenvalue weighted by Crippen LogP contribution is -2.48. The lowest BCUT2D eigenvalue weighted by molar-refractivity contribution is -0.137. The molecule has 1 aromatic rings. The molecule has 1 atom stereocenters. The molecule has 0 radical (unpaired) electrons. The molecule has 0 saturated carbocycles. The Balaban J connectivity index is 2.42. The summed E-state index contributed by atoms with van der Waals surface area (Å²) in [5.74, 6) is -1.48. The molecule has 8 N–H and O–H groups in total. The quantitative estimate of drug-likeness (QED) is 0.154. The van der Waals surface area contributed by atoms with Crippen LogP contribution in [-0.4, -0.2) is 35.5 Å². The van der Waals surface area contributed by atoms with Gasteiger partial charge in [0.15, 0.2) is 5.96 Å². The van der Waals surface area contributed by atoms with E-state index in [1.807, 2.05) is 0 Å². The zero-order valence-corrected chi connectivity index (χ0v) is 15.3. The van der Waals surface area contributed by atoms with Gasteiger partial charge in [-0.1, -0.05) is 23.7 Å². The molecule has 1 aromatic carbocycles. The highest BCUT2D eigenvalue weighted by Gasteiger charge is 2.18. The van der Waals surface area contributed by atoms with Gasteiger partial charge in [-0.25, -0.2) is 10.2 Å². The van der Waals surface area contributed by atoms with Crippen LogP contribution in [0.4, 0.5) is 4.79 Å². The molecule has 0 aliphatic rings. The third kappa shape index (κ3) is 9.90. The van der Waals surface area contributed by atoms with Crippen LogP contribution in [0, 0.1) is 0 Å². The van der Waals surface area contributed by atoms with Crippen molar-refractivity contribution in [3.63, 3.8) is 0 Å². The molecule has 0 fully saturated rings. The van der Waals surface area contributed by atoms with E-state index in [4.69, 9.17) is 28.2 Å². The van der Waals surface area contributed by atoms with Gasteiger partial charge in [0.25, 0.3) is 0 Å². The van der Waals surface area contributed by atoms with Gasteiger partial charge in [0.05, 0.1) is 12.5 Å². The van der Waals surface area contributed by atoms with Gasteiger partial charge < -0.3 is 21.9 Å². The third-order valence-electron chi connectivity index (χ3n) is 3.38. The first-order valence-corrected chi connectivity index (χ1v) is 8.53. The minimum Gasteiger partial charge on any atom is -0.481 e. The summed E-state index contributed by atoms with van der Waals surface area (Å²) in [7, 11) is 0. The third-order valence-corrected chi connectivity index (χ3v) is 3.63. The molecule has 3 amide bonds. The maximum Gasteiger partial charge on any atom is 0.333 e. The van der Waals surface area contributed by atoms with Crippen molar-refractivity contribution in [1.82, 2.24) is 16.2 Å². The average Bonchev–Trinajstić information content (AvgIpc) is 2.59. The summed E-state index contributed by atoms with van der Waals surface area (Å²) in [5.41, 5.74) is 15.4. The van der Waals surface area contributed by atoms with Gasteiger partial charge in [-0.3, -0.25) is 20.0 Å². The minimum absolute atomic E-state index is 0.00519. The molecular formula is C16H23ClN6O4. The fourth-order valence-corrected chi connectivity index (χ4v) is 2.24. The number of urea groups is 1. The van der Waals surface area contributed by atoms with Crippen molar-refractivity contribution in [2.45, 2.75) is 31.7 Å². The van der Waals surface area contributed by atoms with Gasteiger partial charge in [0.2, 0.25) is 5.91 Å². The number of hydrogen-bond donors (Lipinski definition) is 6. The average molecular weight is 399 g/mol. The van der Waals surface area contributed by atoms with E-state index in [2.05, 4.69) is 21.2 Å². The van der Waals surface area contributed by atoms with Crippen molar-refractivity contribution >= 4 is 35.5 Å². The summed E-state index contributed by atoms with van der Waals surface area (Å²) in [6.45, 7) is 0.418. The van der Waals surface area contributed by atoms with Crippen LogP contribution in [0.15, 0.2) is 29.3 Å². The van der Waals surface area contributed by atoms with Crippen LogP contribution in [0.3, 0.4) is 0 Å². The number of nitrogens with one attached hydrogen (secondary N) is 3. The zero-order valence-electron chi connectivity index (χ0n) is 14.6. The molecular weight excluding hydrogens is 376 g/mol. The number of guanidine groups is 1. The molecule has 0 aliphatic carbocycles. The first-order chi connectivity index (χ1) is 12.8. The molecule has 0 heterocycles. The van der Waals surface area contributed by atoms with E-state index >= 15 is 0 Å². The fraction of sp³-hybridized carbons (Fsp3) is 0.375. The number of unbranched alkanes of at least 4 members (excludes halogenated alkanes) is 1. The van der Waals surface area contributed by atoms with E-state index in [0.717, 1.165) is 0 Å². The predicted molar refractivity (Wildman–Crippen MR) is 101 cm³/mol. The second-order valence-electron chi connectivity index (χ2n) is 5.61.